The van der Waals surface area contributed by atoms with E-state index < -0.39 is 34.1 Å². The smallest absolute Gasteiger partial charge is 0.356 e. The molecule has 1 aromatic heterocycles. The summed E-state index contributed by atoms with van der Waals surface area (Å²) in [5.41, 5.74) is 0.0277. The molecule has 0 saturated heterocycles. The Balaban J connectivity index is 2.54. The molecule has 0 spiro atoms. The number of carboxylic acids is 1. The third-order valence-corrected chi connectivity index (χ3v) is 4.22. The molecule has 0 aliphatic rings. The van der Waals surface area contributed by atoms with Crippen molar-refractivity contribution in [2.45, 2.75) is 13.5 Å². The first kappa shape index (κ1) is 17.7. The summed E-state index contributed by atoms with van der Waals surface area (Å²) in [4.78, 5) is 23.0. The number of aromatic nitrogens is 1. The Kier molecular flexibility index (Phi) is 5.05. The van der Waals surface area contributed by atoms with Crippen LogP contribution in [0, 0.1) is 6.92 Å². The Morgan fingerprint density at radius 3 is 2.54 bits per heavy atom. The Morgan fingerprint density at radius 2 is 2.00 bits per heavy atom. The molecule has 0 bridgehead atoms. The summed E-state index contributed by atoms with van der Waals surface area (Å²) in [7, 11) is 1.35. The molecule has 9 heteroatoms. The molecular formula is C15H16N2O6S. The largest absolute Gasteiger partial charge is 0.502 e. The minimum absolute atomic E-state index is 0.166. The molecule has 2 aromatic rings. The van der Waals surface area contributed by atoms with Gasteiger partial charge in [-0.15, -0.1) is 0 Å². The average Bonchev–Trinajstić information content (AvgIpc) is 2.49. The number of carboxylic acid groups (broad SMARTS) is 1. The first-order chi connectivity index (χ1) is 11.2. The van der Waals surface area contributed by atoms with Crippen LogP contribution in [0.15, 0.2) is 35.1 Å². The predicted octanol–water partition coefficient (Wildman–Crippen LogP) is 1.24. The van der Waals surface area contributed by atoms with Crippen molar-refractivity contribution in [1.29, 1.82) is 0 Å². The van der Waals surface area contributed by atoms with Gasteiger partial charge in [0.1, 0.15) is 0 Å². The van der Waals surface area contributed by atoms with E-state index in [0.717, 1.165) is 20.5 Å². The summed E-state index contributed by atoms with van der Waals surface area (Å²) in [6, 6.07) is 7.88. The van der Waals surface area contributed by atoms with Crippen molar-refractivity contribution in [2.24, 2.45) is 7.05 Å². The van der Waals surface area contributed by atoms with Crippen molar-refractivity contribution in [3.63, 3.8) is 0 Å². The fraction of sp³-hybridized carbons (Fsp3) is 0.200. The lowest BCUT2D eigenvalue weighted by Gasteiger charge is -2.22. The van der Waals surface area contributed by atoms with Crippen molar-refractivity contribution in [3.8, 4) is 5.75 Å². The highest BCUT2D eigenvalue weighted by molar-refractivity contribution is 7.80. The monoisotopic (exact) mass is 352 g/mol. The van der Waals surface area contributed by atoms with Gasteiger partial charge in [-0.05, 0) is 24.6 Å². The van der Waals surface area contributed by atoms with Gasteiger partial charge in [0.05, 0.1) is 12.2 Å². The maximum Gasteiger partial charge on any atom is 0.356 e. The summed E-state index contributed by atoms with van der Waals surface area (Å²) >= 11 is -2.39. The van der Waals surface area contributed by atoms with Crippen LogP contribution in [0.25, 0.3) is 0 Å². The molecule has 128 valence electrons. The van der Waals surface area contributed by atoms with Crippen LogP contribution in [-0.2, 0) is 24.9 Å². The number of hydrogen-bond donors (Lipinski definition) is 3. The molecule has 8 nitrogen and oxygen atoms in total. The zero-order chi connectivity index (χ0) is 18.0. The third kappa shape index (κ3) is 3.47. The van der Waals surface area contributed by atoms with Gasteiger partial charge in [0.25, 0.3) is 11.3 Å². The fourth-order valence-electron chi connectivity index (χ4n) is 2.30. The topological polar surface area (TPSA) is 120 Å². The van der Waals surface area contributed by atoms with E-state index in [0.29, 0.717) is 5.69 Å². The van der Waals surface area contributed by atoms with Crippen LogP contribution in [-0.4, -0.2) is 29.5 Å². The number of anilines is 1. The first-order valence-electron chi connectivity index (χ1n) is 6.82. The van der Waals surface area contributed by atoms with E-state index in [1.54, 1.807) is 18.2 Å². The Hall–Kier alpha value is -2.65. The van der Waals surface area contributed by atoms with Gasteiger partial charge in [0.15, 0.2) is 11.4 Å². The van der Waals surface area contributed by atoms with Crippen LogP contribution in [0.5, 0.6) is 5.75 Å². The zero-order valence-electron chi connectivity index (χ0n) is 13.0. The van der Waals surface area contributed by atoms with E-state index >= 15 is 0 Å². The quantitative estimate of drug-likeness (QED) is 0.697. The average molecular weight is 352 g/mol. The zero-order valence-corrected chi connectivity index (χ0v) is 13.8. The second kappa shape index (κ2) is 6.85. The van der Waals surface area contributed by atoms with E-state index in [-0.39, 0.29) is 12.2 Å². The van der Waals surface area contributed by atoms with Crippen LogP contribution in [0.2, 0.25) is 0 Å². The number of nitrogens with zero attached hydrogens (tertiary/aromatic N) is 2. The number of aromatic hydroxyl groups is 1. The van der Waals surface area contributed by atoms with Gasteiger partial charge in [0, 0.05) is 18.8 Å². The van der Waals surface area contributed by atoms with Gasteiger partial charge >= 0.3 is 5.97 Å². The molecule has 1 heterocycles. The summed E-state index contributed by atoms with van der Waals surface area (Å²) in [6.45, 7) is 1.62. The lowest BCUT2D eigenvalue weighted by atomic mass is 10.2. The molecule has 0 saturated carbocycles. The molecule has 0 aliphatic heterocycles. The van der Waals surface area contributed by atoms with Gasteiger partial charge in [-0.25, -0.2) is 9.00 Å². The minimum Gasteiger partial charge on any atom is -0.502 e. The Bertz CT molecular complexity index is 877. The van der Waals surface area contributed by atoms with E-state index in [9.17, 15) is 23.5 Å². The summed E-state index contributed by atoms with van der Waals surface area (Å²) in [5, 5.41) is 18.8. The highest BCUT2D eigenvalue weighted by Gasteiger charge is 2.21. The number of carbonyl (C=O) groups is 1. The normalized spacial score (nSPS) is 12.0. The molecule has 0 amide bonds. The highest BCUT2D eigenvalue weighted by atomic mass is 32.2. The van der Waals surface area contributed by atoms with Crippen LogP contribution in [0.3, 0.4) is 0 Å². The van der Waals surface area contributed by atoms with Crippen LogP contribution in [0.4, 0.5) is 5.69 Å². The number of aryl methyl sites for hydroxylation is 1. The number of rotatable bonds is 5. The fourth-order valence-corrected chi connectivity index (χ4v) is 2.84. The lowest BCUT2D eigenvalue weighted by molar-refractivity contribution is 0.0681. The van der Waals surface area contributed by atoms with E-state index in [4.69, 9.17) is 5.11 Å². The second-order valence-corrected chi connectivity index (χ2v) is 6.07. The van der Waals surface area contributed by atoms with Crippen LogP contribution in [0.1, 0.15) is 21.7 Å². The molecule has 1 aromatic carbocycles. The maximum atomic E-state index is 11.8. The van der Waals surface area contributed by atoms with Crippen molar-refractivity contribution < 1.29 is 23.8 Å². The maximum absolute atomic E-state index is 11.8. The lowest BCUT2D eigenvalue weighted by Crippen LogP contribution is -2.29. The standard InChI is InChI=1S/C15H16N2O6S/c1-9-4-3-5-10(6-9)17(24(22)23)8-11-7-12(18)14(19)13(15(20)21)16(11)2/h3-7,19H,8H2,1-2H3,(H,20,21)(H,22,23). The molecule has 1 unspecified atom stereocenters. The molecule has 0 fully saturated rings. The van der Waals surface area contributed by atoms with Crippen molar-refractivity contribution in [1.82, 2.24) is 4.57 Å². The Labute approximate surface area is 140 Å². The molecule has 1 atom stereocenters. The van der Waals surface area contributed by atoms with E-state index in [1.165, 1.54) is 7.05 Å². The highest BCUT2D eigenvalue weighted by Crippen LogP contribution is 2.21. The van der Waals surface area contributed by atoms with Crippen molar-refractivity contribution in [3.05, 3.63) is 57.5 Å². The van der Waals surface area contributed by atoms with Gasteiger partial charge in [-0.1, -0.05) is 12.1 Å². The van der Waals surface area contributed by atoms with Crippen LogP contribution >= 0.6 is 0 Å². The molecule has 3 N–H and O–H groups in total. The third-order valence-electron chi connectivity index (χ3n) is 3.51. The predicted molar refractivity (Wildman–Crippen MR) is 88.4 cm³/mol. The minimum atomic E-state index is -2.39. The van der Waals surface area contributed by atoms with Gasteiger partial charge in [-0.3, -0.25) is 13.7 Å². The first-order valence-corrected chi connectivity index (χ1v) is 7.89. The Morgan fingerprint density at radius 1 is 1.33 bits per heavy atom. The van der Waals surface area contributed by atoms with Crippen molar-refractivity contribution >= 4 is 22.9 Å². The molecule has 24 heavy (non-hydrogen) atoms. The van der Waals surface area contributed by atoms with Crippen LogP contribution < -0.4 is 9.73 Å². The number of aromatic carboxylic acids is 1. The van der Waals surface area contributed by atoms with Gasteiger partial charge in [0.2, 0.25) is 5.43 Å². The SMILES string of the molecule is Cc1cccc(N(Cc2cc(=O)c(O)c(C(=O)O)n2C)S(=O)O)c1. The molecular weight excluding hydrogens is 336 g/mol. The summed E-state index contributed by atoms with van der Waals surface area (Å²) in [5.74, 6) is -2.35. The summed E-state index contributed by atoms with van der Waals surface area (Å²) in [6.07, 6.45) is 0. The molecule has 0 aliphatic carbocycles. The van der Waals surface area contributed by atoms with Gasteiger partial charge < -0.3 is 14.8 Å². The number of pyridine rings is 1. The number of hydrogen-bond acceptors (Lipinski definition) is 4. The van der Waals surface area contributed by atoms with Gasteiger partial charge in [-0.2, -0.15) is 0 Å². The second-order valence-electron chi connectivity index (χ2n) is 5.17. The summed E-state index contributed by atoms with van der Waals surface area (Å²) < 4.78 is 23.4. The van der Waals surface area contributed by atoms with Crippen molar-refractivity contribution in [2.75, 3.05) is 4.31 Å². The molecule has 0 radical (unpaired) electrons. The molecule has 2 rings (SSSR count). The van der Waals surface area contributed by atoms with E-state index in [2.05, 4.69) is 0 Å². The number of benzene rings is 1. The van der Waals surface area contributed by atoms with E-state index in [1.807, 2.05) is 13.0 Å².